The van der Waals surface area contributed by atoms with E-state index in [1.54, 1.807) is 0 Å². The summed E-state index contributed by atoms with van der Waals surface area (Å²) in [6.07, 6.45) is 0. The number of aromatic hydroxyl groups is 1. The molecule has 0 aliphatic rings. The van der Waals surface area contributed by atoms with Crippen molar-refractivity contribution in [1.82, 2.24) is 4.98 Å². The van der Waals surface area contributed by atoms with Crippen LogP contribution in [0.15, 0.2) is 17.2 Å². The Labute approximate surface area is 87.1 Å². The molecule has 1 N–H and O–H groups in total. The molecule has 0 spiro atoms. The third kappa shape index (κ3) is 2.20. The average molecular weight is 320 g/mol. The highest BCUT2D eigenvalue weighted by Gasteiger charge is 2.17. The van der Waals surface area contributed by atoms with Crippen LogP contribution in [0.2, 0.25) is 0 Å². The second-order valence-corrected chi connectivity index (χ2v) is 5.48. The molecule has 1 rings (SSSR count). The first-order valence-electron chi connectivity index (χ1n) is 2.71. The minimum absolute atomic E-state index is 0.439. The smallest absolute Gasteiger partial charge is 0.282 e. The van der Waals surface area contributed by atoms with Gasteiger partial charge in [0.15, 0.2) is 5.75 Å². The van der Waals surface area contributed by atoms with Gasteiger partial charge in [0.05, 0.1) is 0 Å². The Morgan fingerprint density at radius 1 is 1.50 bits per heavy atom. The van der Waals surface area contributed by atoms with Crippen LogP contribution in [0.4, 0.5) is 0 Å². The summed E-state index contributed by atoms with van der Waals surface area (Å²) >= 11 is 1.82. The van der Waals surface area contributed by atoms with Crippen molar-refractivity contribution in [1.29, 1.82) is 0 Å². The molecule has 0 aromatic carbocycles. The normalized spacial score (nSPS) is 11.5. The summed E-state index contributed by atoms with van der Waals surface area (Å²) in [7, 11) is 1.03. The summed E-state index contributed by atoms with van der Waals surface area (Å²) < 4.78 is 21.9. The third-order valence-corrected chi connectivity index (χ3v) is 2.84. The molecule has 0 saturated heterocycles. The van der Waals surface area contributed by atoms with Crippen molar-refractivity contribution in [2.45, 2.75) is 5.03 Å². The minimum Gasteiger partial charge on any atom is -0.505 e. The molecule has 0 fully saturated rings. The SMILES string of the molecule is O=S(=O)(Cl)c1nc(I)ccc1O. The Kier molecular flexibility index (Phi) is 2.79. The summed E-state index contributed by atoms with van der Waals surface area (Å²) in [6.45, 7) is 0. The van der Waals surface area contributed by atoms with Crippen LogP contribution < -0.4 is 0 Å². The molecule has 4 nitrogen and oxygen atoms in total. The predicted octanol–water partition coefficient (Wildman–Crippen LogP) is 1.32. The van der Waals surface area contributed by atoms with Crippen molar-refractivity contribution in [3.05, 3.63) is 15.8 Å². The van der Waals surface area contributed by atoms with Crippen molar-refractivity contribution < 1.29 is 13.5 Å². The second kappa shape index (κ2) is 3.35. The van der Waals surface area contributed by atoms with Gasteiger partial charge in [0.25, 0.3) is 9.05 Å². The molecule has 1 aromatic rings. The predicted molar refractivity (Wildman–Crippen MR) is 51.7 cm³/mol. The van der Waals surface area contributed by atoms with Crippen molar-refractivity contribution in [3.63, 3.8) is 0 Å². The second-order valence-electron chi connectivity index (χ2n) is 1.90. The lowest BCUT2D eigenvalue weighted by Crippen LogP contribution is -1.96. The topological polar surface area (TPSA) is 67.3 Å². The van der Waals surface area contributed by atoms with Gasteiger partial charge in [0.2, 0.25) is 5.03 Å². The van der Waals surface area contributed by atoms with E-state index in [2.05, 4.69) is 4.98 Å². The molecule has 1 aromatic heterocycles. The average Bonchev–Trinajstić information content (AvgIpc) is 1.92. The molecule has 0 aliphatic carbocycles. The van der Waals surface area contributed by atoms with Crippen molar-refractivity contribution in [2.24, 2.45) is 0 Å². The van der Waals surface area contributed by atoms with Gasteiger partial charge < -0.3 is 5.11 Å². The molecule has 1 heterocycles. The van der Waals surface area contributed by atoms with Gasteiger partial charge in [0, 0.05) is 10.7 Å². The summed E-state index contributed by atoms with van der Waals surface area (Å²) in [6, 6.07) is 2.70. The molecule has 66 valence electrons. The highest BCUT2D eigenvalue weighted by molar-refractivity contribution is 14.1. The molecule has 0 aliphatic heterocycles. The molecule has 0 bridgehead atoms. The molecule has 12 heavy (non-hydrogen) atoms. The van der Waals surface area contributed by atoms with Gasteiger partial charge in [0.1, 0.15) is 3.70 Å². The summed E-state index contributed by atoms with van der Waals surface area (Å²) in [5.41, 5.74) is 0. The zero-order valence-electron chi connectivity index (χ0n) is 5.53. The van der Waals surface area contributed by atoms with E-state index in [0.717, 1.165) is 0 Å². The molecule has 0 radical (unpaired) electrons. The van der Waals surface area contributed by atoms with E-state index in [-0.39, 0.29) is 0 Å². The van der Waals surface area contributed by atoms with Gasteiger partial charge in [-0.2, -0.15) is 0 Å². The van der Waals surface area contributed by atoms with Crippen LogP contribution in [-0.4, -0.2) is 18.5 Å². The standard InChI is InChI=1S/C5H3ClINO3S/c6-12(10,11)5-3(9)1-2-4(7)8-5/h1-2,9H. The molecule has 0 unspecified atom stereocenters. The lowest BCUT2D eigenvalue weighted by atomic mass is 10.5. The van der Waals surface area contributed by atoms with Crippen LogP contribution in [0, 0.1) is 3.70 Å². The Hall–Kier alpha value is -0.0800. The van der Waals surface area contributed by atoms with E-state index < -0.39 is 19.8 Å². The first kappa shape index (κ1) is 10.0. The van der Waals surface area contributed by atoms with E-state index in [1.807, 2.05) is 22.6 Å². The van der Waals surface area contributed by atoms with Gasteiger partial charge in [-0.1, -0.05) is 0 Å². The van der Waals surface area contributed by atoms with Crippen molar-refractivity contribution in [2.75, 3.05) is 0 Å². The number of hydrogen-bond donors (Lipinski definition) is 1. The van der Waals surface area contributed by atoms with Gasteiger partial charge in [-0.25, -0.2) is 13.4 Å². The van der Waals surface area contributed by atoms with Gasteiger partial charge in [-0.3, -0.25) is 0 Å². The maximum Gasteiger partial charge on any atom is 0.282 e. The van der Waals surface area contributed by atoms with Crippen LogP contribution >= 0.6 is 33.3 Å². The maximum absolute atomic E-state index is 10.7. The number of rotatable bonds is 1. The summed E-state index contributed by atoms with van der Waals surface area (Å²) in [5, 5.41) is 8.54. The number of pyridine rings is 1. The van der Waals surface area contributed by atoms with Crippen molar-refractivity contribution >= 4 is 42.3 Å². The fourth-order valence-corrected chi connectivity index (χ4v) is 2.04. The molecular weight excluding hydrogens is 316 g/mol. The monoisotopic (exact) mass is 319 g/mol. The summed E-state index contributed by atoms with van der Waals surface area (Å²) in [5.74, 6) is -0.439. The molecule has 0 saturated carbocycles. The lowest BCUT2D eigenvalue weighted by Gasteiger charge is -1.98. The number of aromatic nitrogens is 1. The van der Waals surface area contributed by atoms with Gasteiger partial charge in [-0.05, 0) is 34.7 Å². The Morgan fingerprint density at radius 2 is 2.08 bits per heavy atom. The van der Waals surface area contributed by atoms with Gasteiger partial charge >= 0.3 is 0 Å². The Balaban J connectivity index is 3.43. The first-order chi connectivity index (χ1) is 5.41. The Bertz CT molecular complexity index is 405. The van der Waals surface area contributed by atoms with Crippen LogP contribution in [0.1, 0.15) is 0 Å². The number of nitrogens with zero attached hydrogens (tertiary/aromatic N) is 1. The lowest BCUT2D eigenvalue weighted by molar-refractivity contribution is 0.452. The van der Waals surface area contributed by atoms with Crippen molar-refractivity contribution in [3.8, 4) is 5.75 Å². The quantitative estimate of drug-likeness (QED) is 0.481. The Morgan fingerprint density at radius 3 is 2.50 bits per heavy atom. The van der Waals surface area contributed by atoms with E-state index in [9.17, 15) is 8.42 Å². The fourth-order valence-electron chi connectivity index (χ4n) is 0.590. The van der Waals surface area contributed by atoms with E-state index in [0.29, 0.717) is 3.70 Å². The van der Waals surface area contributed by atoms with Crippen LogP contribution in [0.5, 0.6) is 5.75 Å². The van der Waals surface area contributed by atoms with E-state index in [4.69, 9.17) is 15.8 Å². The highest BCUT2D eigenvalue weighted by Crippen LogP contribution is 2.23. The van der Waals surface area contributed by atoms with Gasteiger partial charge in [-0.15, -0.1) is 0 Å². The van der Waals surface area contributed by atoms with Crippen LogP contribution in [0.3, 0.4) is 0 Å². The number of hydrogen-bond acceptors (Lipinski definition) is 4. The van der Waals surface area contributed by atoms with E-state index >= 15 is 0 Å². The maximum atomic E-state index is 10.7. The fraction of sp³-hybridized carbons (Fsp3) is 0. The van der Waals surface area contributed by atoms with Crippen LogP contribution in [0.25, 0.3) is 0 Å². The minimum atomic E-state index is -3.95. The van der Waals surface area contributed by atoms with Crippen LogP contribution in [-0.2, 0) is 9.05 Å². The molecular formula is C5H3ClINO3S. The zero-order chi connectivity index (χ0) is 9.35. The first-order valence-corrected chi connectivity index (χ1v) is 6.10. The number of halogens is 2. The molecule has 0 amide bonds. The third-order valence-electron chi connectivity index (χ3n) is 1.04. The molecule has 7 heteroatoms. The summed E-state index contributed by atoms with van der Waals surface area (Å²) in [4.78, 5) is 3.56. The molecule has 0 atom stereocenters. The largest absolute Gasteiger partial charge is 0.505 e. The highest BCUT2D eigenvalue weighted by atomic mass is 127. The zero-order valence-corrected chi connectivity index (χ0v) is 9.26. The van der Waals surface area contributed by atoms with E-state index in [1.165, 1.54) is 12.1 Å².